The fourth-order valence-corrected chi connectivity index (χ4v) is 2.82. The molecule has 2 aromatic rings. The largest absolute Gasteiger partial charge is 0.381 e. The third-order valence-corrected chi connectivity index (χ3v) is 3.76. The van der Waals surface area contributed by atoms with Crippen LogP contribution in [0, 0.1) is 0 Å². The first-order valence-corrected chi connectivity index (χ1v) is 6.42. The van der Waals surface area contributed by atoms with Gasteiger partial charge in [-0.15, -0.1) is 10.2 Å². The van der Waals surface area contributed by atoms with Crippen LogP contribution in [0.1, 0.15) is 33.1 Å². The zero-order valence-electron chi connectivity index (χ0n) is 11.7. The van der Waals surface area contributed by atoms with E-state index in [0.29, 0.717) is 23.5 Å². The van der Waals surface area contributed by atoms with Gasteiger partial charge in [-0.1, -0.05) is 0 Å². The number of hydrogen-bond donors (Lipinski definition) is 1. The molecule has 0 bridgehead atoms. The number of rotatable bonds is 1. The molecule has 1 saturated heterocycles. The van der Waals surface area contributed by atoms with Crippen molar-refractivity contribution in [1.82, 2.24) is 19.6 Å². The summed E-state index contributed by atoms with van der Waals surface area (Å²) in [5.41, 5.74) is 6.45. The van der Waals surface area contributed by atoms with Crippen molar-refractivity contribution in [3.05, 3.63) is 12.4 Å². The molecule has 8 heteroatoms. The van der Waals surface area contributed by atoms with E-state index in [2.05, 4.69) is 33.9 Å². The third-order valence-electron chi connectivity index (χ3n) is 3.76. The van der Waals surface area contributed by atoms with E-state index >= 15 is 0 Å². The van der Waals surface area contributed by atoms with Crippen molar-refractivity contribution in [1.29, 1.82) is 0 Å². The number of fused-ring (bicyclic) bond motifs is 1. The van der Waals surface area contributed by atoms with Crippen LogP contribution in [-0.2, 0) is 0 Å². The molecular weight excluding hydrogens is 292 g/mol. The Morgan fingerprint density at radius 3 is 2.45 bits per heavy atom. The minimum absolute atomic E-state index is 0. The van der Waals surface area contributed by atoms with Gasteiger partial charge in [0.05, 0.1) is 0 Å². The Labute approximate surface area is 132 Å². The highest BCUT2D eigenvalue weighted by Crippen LogP contribution is 2.28. The van der Waals surface area contributed by atoms with Gasteiger partial charge < -0.3 is 10.6 Å². The van der Waals surface area contributed by atoms with E-state index < -0.39 is 0 Å². The van der Waals surface area contributed by atoms with E-state index in [-0.39, 0.29) is 27.0 Å². The van der Waals surface area contributed by atoms with Crippen molar-refractivity contribution < 1.29 is 0 Å². The molecule has 0 aliphatic carbocycles. The first-order valence-electron chi connectivity index (χ1n) is 6.42. The molecule has 2 N–H and O–H groups in total. The maximum atomic E-state index is 5.82. The second kappa shape index (κ2) is 6.53. The molecule has 6 nitrogen and oxygen atoms in total. The third kappa shape index (κ3) is 2.67. The normalized spacial score (nSPS) is 22.2. The highest BCUT2D eigenvalue weighted by atomic mass is 32.1. The molecule has 3 heterocycles. The SMILES string of the molecule is C[C@H]1CCC[C@H](C)N1c1nnc2c(N)nccn12.S.S. The Hall–Kier alpha value is -1.15. The van der Waals surface area contributed by atoms with E-state index in [4.69, 9.17) is 5.73 Å². The van der Waals surface area contributed by atoms with Gasteiger partial charge in [-0.25, -0.2) is 4.98 Å². The summed E-state index contributed by atoms with van der Waals surface area (Å²) in [7, 11) is 0. The summed E-state index contributed by atoms with van der Waals surface area (Å²) in [4.78, 5) is 6.38. The maximum Gasteiger partial charge on any atom is 0.232 e. The Morgan fingerprint density at radius 1 is 1.15 bits per heavy atom. The topological polar surface area (TPSA) is 72.3 Å². The summed E-state index contributed by atoms with van der Waals surface area (Å²) in [5.74, 6) is 1.30. The first kappa shape index (κ1) is 16.9. The van der Waals surface area contributed by atoms with Crippen LogP contribution in [-0.4, -0.2) is 31.7 Å². The van der Waals surface area contributed by atoms with Crippen molar-refractivity contribution in [2.75, 3.05) is 10.6 Å². The number of nitrogen functional groups attached to an aromatic ring is 1. The predicted molar refractivity (Wildman–Crippen MR) is 91.2 cm³/mol. The number of nitrogens with two attached hydrogens (primary N) is 1. The minimum Gasteiger partial charge on any atom is -0.381 e. The van der Waals surface area contributed by atoms with Gasteiger partial charge >= 0.3 is 0 Å². The standard InChI is InChI=1S/C12H18N6.2H2S/c1-8-4-3-5-9(2)18(8)12-16-15-11-10(13)14-6-7-17(11)12;;/h6-9H,3-5H2,1-2H3,(H2,13,14);2*1H2/t8-,9-;;/m0../s1. The Balaban J connectivity index is 0.000001000. The second-order valence-corrected chi connectivity index (χ2v) is 5.04. The van der Waals surface area contributed by atoms with Crippen molar-refractivity contribution in [2.24, 2.45) is 0 Å². The molecule has 0 saturated carbocycles. The molecule has 1 fully saturated rings. The zero-order chi connectivity index (χ0) is 12.7. The van der Waals surface area contributed by atoms with Gasteiger partial charge in [-0.05, 0) is 33.1 Å². The monoisotopic (exact) mass is 314 g/mol. The average molecular weight is 314 g/mol. The van der Waals surface area contributed by atoms with Gasteiger partial charge in [0, 0.05) is 24.5 Å². The molecule has 0 amide bonds. The maximum absolute atomic E-state index is 5.82. The highest BCUT2D eigenvalue weighted by molar-refractivity contribution is 7.59. The van der Waals surface area contributed by atoms with Gasteiger partial charge in [0.15, 0.2) is 5.82 Å². The van der Waals surface area contributed by atoms with E-state index in [1.54, 1.807) is 6.20 Å². The molecular formula is C12H22N6S2. The Morgan fingerprint density at radius 2 is 1.80 bits per heavy atom. The van der Waals surface area contributed by atoms with Gasteiger partial charge in [0.1, 0.15) is 0 Å². The lowest BCUT2D eigenvalue weighted by molar-refractivity contribution is 0.406. The van der Waals surface area contributed by atoms with Crippen LogP contribution in [0.5, 0.6) is 0 Å². The van der Waals surface area contributed by atoms with Crippen molar-refractivity contribution in [3.63, 3.8) is 0 Å². The van der Waals surface area contributed by atoms with Gasteiger partial charge in [0.25, 0.3) is 0 Å². The molecule has 2 atom stereocenters. The summed E-state index contributed by atoms with van der Waals surface area (Å²) < 4.78 is 1.93. The Bertz CT molecular complexity index is 562. The second-order valence-electron chi connectivity index (χ2n) is 5.04. The van der Waals surface area contributed by atoms with Gasteiger partial charge in [0.2, 0.25) is 11.6 Å². The van der Waals surface area contributed by atoms with Crippen LogP contribution in [0.15, 0.2) is 12.4 Å². The quantitative estimate of drug-likeness (QED) is 0.867. The van der Waals surface area contributed by atoms with Crippen LogP contribution in [0.4, 0.5) is 11.8 Å². The molecule has 3 rings (SSSR count). The zero-order valence-corrected chi connectivity index (χ0v) is 13.7. The Kier molecular flexibility index (Phi) is 5.52. The van der Waals surface area contributed by atoms with Gasteiger partial charge in [-0.3, -0.25) is 4.40 Å². The molecule has 0 aromatic carbocycles. The van der Waals surface area contributed by atoms with Crippen LogP contribution in [0.2, 0.25) is 0 Å². The predicted octanol–water partition coefficient (Wildman–Crippen LogP) is 1.70. The summed E-state index contributed by atoms with van der Waals surface area (Å²) in [5, 5.41) is 8.45. The van der Waals surface area contributed by atoms with Crippen molar-refractivity contribution in [2.45, 2.75) is 45.2 Å². The van der Waals surface area contributed by atoms with Crippen LogP contribution < -0.4 is 10.6 Å². The molecule has 112 valence electrons. The van der Waals surface area contributed by atoms with E-state index in [0.717, 1.165) is 5.95 Å². The summed E-state index contributed by atoms with van der Waals surface area (Å²) >= 11 is 0. The molecule has 0 unspecified atom stereocenters. The minimum atomic E-state index is 0. The number of piperidine rings is 1. The van der Waals surface area contributed by atoms with E-state index in [9.17, 15) is 0 Å². The number of aromatic nitrogens is 4. The number of hydrogen-bond acceptors (Lipinski definition) is 5. The van der Waals surface area contributed by atoms with Crippen LogP contribution in [0.25, 0.3) is 5.65 Å². The van der Waals surface area contributed by atoms with Crippen LogP contribution >= 0.6 is 27.0 Å². The first-order chi connectivity index (χ1) is 8.68. The number of nitrogens with zero attached hydrogens (tertiary/aromatic N) is 5. The van der Waals surface area contributed by atoms with Crippen molar-refractivity contribution in [3.8, 4) is 0 Å². The summed E-state index contributed by atoms with van der Waals surface area (Å²) in [6, 6.07) is 0.964. The summed E-state index contributed by atoms with van der Waals surface area (Å²) in [6.07, 6.45) is 7.22. The van der Waals surface area contributed by atoms with Gasteiger partial charge in [-0.2, -0.15) is 27.0 Å². The van der Waals surface area contributed by atoms with Crippen LogP contribution in [0.3, 0.4) is 0 Å². The molecule has 20 heavy (non-hydrogen) atoms. The molecule has 0 radical (unpaired) electrons. The lowest BCUT2D eigenvalue weighted by Crippen LogP contribution is -2.44. The fraction of sp³-hybridized carbons (Fsp3) is 0.583. The van der Waals surface area contributed by atoms with E-state index in [1.807, 2.05) is 10.6 Å². The molecule has 2 aromatic heterocycles. The fourth-order valence-electron chi connectivity index (χ4n) is 2.82. The smallest absolute Gasteiger partial charge is 0.232 e. The average Bonchev–Trinajstić information content (AvgIpc) is 2.75. The molecule has 0 spiro atoms. The molecule has 1 aliphatic heterocycles. The van der Waals surface area contributed by atoms with Crippen molar-refractivity contribution >= 4 is 44.4 Å². The lowest BCUT2D eigenvalue weighted by atomic mass is 9.98. The highest BCUT2D eigenvalue weighted by Gasteiger charge is 2.28. The van der Waals surface area contributed by atoms with E-state index in [1.165, 1.54) is 19.3 Å². The summed E-state index contributed by atoms with van der Waals surface area (Å²) in [6.45, 7) is 4.47. The molecule has 1 aliphatic rings. The lowest BCUT2D eigenvalue weighted by Gasteiger charge is -2.38. The number of anilines is 2.